The Morgan fingerprint density at radius 2 is 2.00 bits per heavy atom. The Morgan fingerprint density at radius 1 is 1.24 bits per heavy atom. The van der Waals surface area contributed by atoms with Crippen LogP contribution in [0.2, 0.25) is 0 Å². The van der Waals surface area contributed by atoms with E-state index in [0.717, 1.165) is 24.2 Å². The van der Waals surface area contributed by atoms with Gasteiger partial charge in [0.2, 0.25) is 0 Å². The van der Waals surface area contributed by atoms with Crippen LogP contribution in [-0.2, 0) is 6.54 Å². The third-order valence-electron chi connectivity index (χ3n) is 3.17. The van der Waals surface area contributed by atoms with Crippen LogP contribution in [0.15, 0.2) is 36.7 Å². The molecule has 1 aromatic carbocycles. The fourth-order valence-corrected chi connectivity index (χ4v) is 2.34. The summed E-state index contributed by atoms with van der Waals surface area (Å²) in [6.45, 7) is 3.03. The van der Waals surface area contributed by atoms with Crippen molar-refractivity contribution in [3.05, 3.63) is 53.6 Å². The Kier molecular flexibility index (Phi) is 2.25. The number of aryl methyl sites for hydroxylation is 2. The van der Waals surface area contributed by atoms with Gasteiger partial charge in [-0.1, -0.05) is 18.2 Å². The fourth-order valence-electron chi connectivity index (χ4n) is 2.34. The van der Waals surface area contributed by atoms with Crippen LogP contribution in [0.5, 0.6) is 5.75 Å². The van der Waals surface area contributed by atoms with Crippen molar-refractivity contribution in [3.63, 3.8) is 0 Å². The summed E-state index contributed by atoms with van der Waals surface area (Å²) >= 11 is 0. The van der Waals surface area contributed by atoms with Crippen molar-refractivity contribution in [2.75, 3.05) is 0 Å². The van der Waals surface area contributed by atoms with Crippen molar-refractivity contribution in [3.8, 4) is 5.75 Å². The van der Waals surface area contributed by atoms with Crippen LogP contribution in [0.1, 0.15) is 23.4 Å². The third kappa shape index (κ3) is 1.64. The molecule has 0 amide bonds. The van der Waals surface area contributed by atoms with Crippen LogP contribution in [0.25, 0.3) is 5.57 Å². The molecule has 0 saturated carbocycles. The van der Waals surface area contributed by atoms with Crippen LogP contribution in [0.3, 0.4) is 0 Å². The highest BCUT2D eigenvalue weighted by Crippen LogP contribution is 2.30. The van der Waals surface area contributed by atoms with Gasteiger partial charge in [0.25, 0.3) is 0 Å². The average Bonchev–Trinajstić information content (AvgIpc) is 2.73. The molecule has 1 aromatic heterocycles. The Bertz CT molecular complexity index is 579. The van der Waals surface area contributed by atoms with E-state index in [1.165, 1.54) is 11.3 Å². The number of allylic oxidation sites excluding steroid dienone is 1. The van der Waals surface area contributed by atoms with Gasteiger partial charge in [-0.2, -0.15) is 0 Å². The molecule has 17 heavy (non-hydrogen) atoms. The lowest BCUT2D eigenvalue weighted by atomic mass is 9.98. The molecular weight excluding hydrogens is 212 g/mol. The smallest absolute Gasteiger partial charge is 0.115 e. The molecule has 0 aliphatic carbocycles. The number of phenols is 1. The number of aromatic hydroxyl groups is 1. The Balaban J connectivity index is 2.12. The number of hydrogen-bond donors (Lipinski definition) is 1. The lowest BCUT2D eigenvalue weighted by Gasteiger charge is -2.17. The zero-order valence-electron chi connectivity index (χ0n) is 9.72. The minimum absolute atomic E-state index is 0.301. The SMILES string of the molecule is Cc1ncn2c1C(c1ccc(O)cc1)=CCC2. The van der Waals surface area contributed by atoms with Crippen LogP contribution in [0.4, 0.5) is 0 Å². The molecule has 0 atom stereocenters. The molecule has 0 bridgehead atoms. The van der Waals surface area contributed by atoms with E-state index in [2.05, 4.69) is 15.6 Å². The van der Waals surface area contributed by atoms with E-state index in [9.17, 15) is 5.11 Å². The summed E-state index contributed by atoms with van der Waals surface area (Å²) in [5, 5.41) is 9.33. The van der Waals surface area contributed by atoms with Gasteiger partial charge in [0, 0.05) is 12.1 Å². The molecule has 3 nitrogen and oxygen atoms in total. The molecule has 1 aliphatic rings. The van der Waals surface area contributed by atoms with Crippen LogP contribution >= 0.6 is 0 Å². The molecule has 3 heteroatoms. The van der Waals surface area contributed by atoms with Gasteiger partial charge in [-0.25, -0.2) is 4.98 Å². The number of imidazole rings is 1. The Labute approximate surface area is 100 Å². The highest BCUT2D eigenvalue weighted by Gasteiger charge is 2.17. The normalized spacial score (nSPS) is 14.3. The number of hydrogen-bond acceptors (Lipinski definition) is 2. The highest BCUT2D eigenvalue weighted by molar-refractivity contribution is 5.80. The first kappa shape index (κ1) is 10.1. The largest absolute Gasteiger partial charge is 0.508 e. The van der Waals surface area contributed by atoms with Crippen molar-refractivity contribution < 1.29 is 5.11 Å². The first-order chi connectivity index (χ1) is 8.25. The number of nitrogens with zero attached hydrogens (tertiary/aromatic N) is 2. The van der Waals surface area contributed by atoms with Gasteiger partial charge in [-0.15, -0.1) is 0 Å². The molecule has 3 rings (SSSR count). The second-order valence-electron chi connectivity index (χ2n) is 4.33. The van der Waals surface area contributed by atoms with E-state index in [4.69, 9.17) is 0 Å². The standard InChI is InChI=1S/C14H14N2O/c1-10-14-13(3-2-8-16(14)9-15-10)11-4-6-12(17)7-5-11/h3-7,9,17H,2,8H2,1H3. The molecule has 0 unspecified atom stereocenters. The zero-order chi connectivity index (χ0) is 11.8. The Morgan fingerprint density at radius 3 is 2.76 bits per heavy atom. The summed E-state index contributed by atoms with van der Waals surface area (Å²) in [6.07, 6.45) is 5.17. The highest BCUT2D eigenvalue weighted by atomic mass is 16.3. The molecule has 0 saturated heterocycles. The third-order valence-corrected chi connectivity index (χ3v) is 3.17. The average molecular weight is 226 g/mol. The minimum atomic E-state index is 0.301. The van der Waals surface area contributed by atoms with E-state index in [1.807, 2.05) is 25.4 Å². The molecule has 2 heterocycles. The van der Waals surface area contributed by atoms with Gasteiger partial charge in [0.1, 0.15) is 5.75 Å². The monoisotopic (exact) mass is 226 g/mol. The summed E-state index contributed by atoms with van der Waals surface area (Å²) in [4.78, 5) is 4.36. The van der Waals surface area contributed by atoms with Crippen molar-refractivity contribution in [1.82, 2.24) is 9.55 Å². The lowest BCUT2D eigenvalue weighted by molar-refractivity contribution is 0.475. The molecule has 2 aromatic rings. The van der Waals surface area contributed by atoms with Gasteiger partial charge >= 0.3 is 0 Å². The zero-order valence-corrected chi connectivity index (χ0v) is 9.72. The maximum absolute atomic E-state index is 9.33. The van der Waals surface area contributed by atoms with Crippen molar-refractivity contribution >= 4 is 5.57 Å². The second kappa shape index (κ2) is 3.77. The van der Waals surface area contributed by atoms with E-state index >= 15 is 0 Å². The lowest BCUT2D eigenvalue weighted by Crippen LogP contribution is -2.07. The van der Waals surface area contributed by atoms with Gasteiger partial charge in [-0.3, -0.25) is 0 Å². The van der Waals surface area contributed by atoms with Crippen molar-refractivity contribution in [1.29, 1.82) is 0 Å². The van der Waals surface area contributed by atoms with Gasteiger partial charge in [0.15, 0.2) is 0 Å². The first-order valence-electron chi connectivity index (χ1n) is 5.77. The molecule has 0 fully saturated rings. The van der Waals surface area contributed by atoms with Crippen LogP contribution in [0, 0.1) is 6.92 Å². The second-order valence-corrected chi connectivity index (χ2v) is 4.33. The van der Waals surface area contributed by atoms with E-state index < -0.39 is 0 Å². The first-order valence-corrected chi connectivity index (χ1v) is 5.77. The van der Waals surface area contributed by atoms with E-state index in [0.29, 0.717) is 5.75 Å². The van der Waals surface area contributed by atoms with E-state index in [1.54, 1.807) is 12.1 Å². The van der Waals surface area contributed by atoms with Crippen molar-refractivity contribution in [2.45, 2.75) is 19.9 Å². The maximum Gasteiger partial charge on any atom is 0.115 e. The summed E-state index contributed by atoms with van der Waals surface area (Å²) in [5.74, 6) is 0.301. The van der Waals surface area contributed by atoms with Crippen molar-refractivity contribution in [2.24, 2.45) is 0 Å². The topological polar surface area (TPSA) is 38.0 Å². The molecular formula is C14H14N2O. The number of rotatable bonds is 1. The summed E-state index contributed by atoms with van der Waals surface area (Å²) in [6, 6.07) is 7.34. The molecule has 0 spiro atoms. The summed E-state index contributed by atoms with van der Waals surface area (Å²) in [5.41, 5.74) is 4.60. The minimum Gasteiger partial charge on any atom is -0.508 e. The van der Waals surface area contributed by atoms with E-state index in [-0.39, 0.29) is 0 Å². The summed E-state index contributed by atoms with van der Waals surface area (Å²) in [7, 11) is 0. The summed E-state index contributed by atoms with van der Waals surface area (Å²) < 4.78 is 2.19. The number of fused-ring (bicyclic) bond motifs is 1. The quantitative estimate of drug-likeness (QED) is 0.812. The molecule has 1 N–H and O–H groups in total. The number of benzene rings is 1. The Hall–Kier alpha value is -2.03. The molecule has 1 aliphatic heterocycles. The van der Waals surface area contributed by atoms with Gasteiger partial charge in [-0.05, 0) is 31.0 Å². The molecule has 86 valence electrons. The van der Waals surface area contributed by atoms with Gasteiger partial charge < -0.3 is 9.67 Å². The number of phenolic OH excluding ortho intramolecular Hbond substituents is 1. The maximum atomic E-state index is 9.33. The predicted octanol–water partition coefficient (Wildman–Crippen LogP) is 2.73. The predicted molar refractivity (Wildman–Crippen MR) is 66.8 cm³/mol. The molecule has 0 radical (unpaired) electrons. The van der Waals surface area contributed by atoms with Crippen LogP contribution < -0.4 is 0 Å². The number of aromatic nitrogens is 2. The van der Waals surface area contributed by atoms with Crippen LogP contribution in [-0.4, -0.2) is 14.7 Å². The van der Waals surface area contributed by atoms with Gasteiger partial charge in [0.05, 0.1) is 17.7 Å². The fraction of sp³-hybridized carbons (Fsp3) is 0.214.